The lowest BCUT2D eigenvalue weighted by molar-refractivity contribution is -0.136. The summed E-state index contributed by atoms with van der Waals surface area (Å²) in [7, 11) is 0. The summed E-state index contributed by atoms with van der Waals surface area (Å²) in [6.45, 7) is 4.54. The summed E-state index contributed by atoms with van der Waals surface area (Å²) >= 11 is 0. The third kappa shape index (κ3) is 10.4. The Morgan fingerprint density at radius 3 is 1.88 bits per heavy atom. The first-order valence-corrected chi connectivity index (χ1v) is 9.75. The predicted octanol–water partition coefficient (Wildman–Crippen LogP) is 7.65. The normalized spacial score (nSPS) is 11.9. The second-order valence-electron chi connectivity index (χ2n) is 6.82. The maximum Gasteiger partial charge on any atom is 0.389 e. The summed E-state index contributed by atoms with van der Waals surface area (Å²) < 4.78 is 41.8. The van der Waals surface area contributed by atoms with Crippen molar-refractivity contribution in [1.82, 2.24) is 0 Å². The minimum Gasteiger partial charge on any atom is -0.494 e. The van der Waals surface area contributed by atoms with Crippen molar-refractivity contribution in [2.75, 3.05) is 6.61 Å². The molecule has 0 aliphatic rings. The van der Waals surface area contributed by atoms with Gasteiger partial charge in [-0.25, -0.2) is 0 Å². The molecule has 0 saturated carbocycles. The van der Waals surface area contributed by atoms with Crippen LogP contribution in [0.1, 0.15) is 89.5 Å². The number of halogens is 3. The SMILES string of the molecule is CCCCCC(CCCCC)c1ccc(OCCCC(F)(F)F)cc1. The Bertz CT molecular complexity index is 429. The van der Waals surface area contributed by atoms with Gasteiger partial charge in [0.05, 0.1) is 6.61 Å². The van der Waals surface area contributed by atoms with Crippen molar-refractivity contribution < 1.29 is 17.9 Å². The maximum atomic E-state index is 12.1. The molecule has 0 fully saturated rings. The van der Waals surface area contributed by atoms with E-state index in [1.165, 1.54) is 56.9 Å². The largest absolute Gasteiger partial charge is 0.494 e. The van der Waals surface area contributed by atoms with E-state index in [-0.39, 0.29) is 13.0 Å². The van der Waals surface area contributed by atoms with Crippen molar-refractivity contribution in [3.05, 3.63) is 29.8 Å². The average molecular weight is 358 g/mol. The highest BCUT2D eigenvalue weighted by Gasteiger charge is 2.26. The summed E-state index contributed by atoms with van der Waals surface area (Å²) in [6.07, 6.45) is 5.04. The third-order valence-electron chi connectivity index (χ3n) is 4.54. The number of ether oxygens (including phenoxy) is 1. The van der Waals surface area contributed by atoms with Crippen LogP contribution in [-0.2, 0) is 0 Å². The first-order chi connectivity index (χ1) is 12.0. The van der Waals surface area contributed by atoms with Crippen molar-refractivity contribution in [1.29, 1.82) is 0 Å². The van der Waals surface area contributed by atoms with Gasteiger partial charge in [-0.15, -0.1) is 0 Å². The van der Waals surface area contributed by atoms with E-state index in [1.54, 1.807) is 0 Å². The summed E-state index contributed by atoms with van der Waals surface area (Å²) in [5.41, 5.74) is 1.33. The van der Waals surface area contributed by atoms with Crippen LogP contribution >= 0.6 is 0 Å². The lowest BCUT2D eigenvalue weighted by Crippen LogP contribution is -2.09. The quantitative estimate of drug-likeness (QED) is 0.329. The van der Waals surface area contributed by atoms with Crippen molar-refractivity contribution in [2.45, 2.75) is 90.1 Å². The molecule has 0 aliphatic carbocycles. The van der Waals surface area contributed by atoms with Crippen LogP contribution < -0.4 is 4.74 Å². The number of hydrogen-bond acceptors (Lipinski definition) is 1. The summed E-state index contributed by atoms with van der Waals surface area (Å²) in [4.78, 5) is 0. The molecule has 4 heteroatoms. The van der Waals surface area contributed by atoms with Crippen LogP contribution in [0.2, 0.25) is 0 Å². The van der Waals surface area contributed by atoms with Crippen LogP contribution in [0.3, 0.4) is 0 Å². The molecule has 0 spiro atoms. The molecule has 25 heavy (non-hydrogen) atoms. The van der Waals surface area contributed by atoms with Gasteiger partial charge in [-0.2, -0.15) is 13.2 Å². The summed E-state index contributed by atoms with van der Waals surface area (Å²) in [6, 6.07) is 7.97. The molecule has 0 bridgehead atoms. The van der Waals surface area contributed by atoms with E-state index < -0.39 is 12.6 Å². The van der Waals surface area contributed by atoms with Crippen molar-refractivity contribution in [2.24, 2.45) is 0 Å². The Morgan fingerprint density at radius 1 is 0.840 bits per heavy atom. The Kier molecular flexibility index (Phi) is 10.7. The highest BCUT2D eigenvalue weighted by Crippen LogP contribution is 2.29. The average Bonchev–Trinajstić information content (AvgIpc) is 2.57. The molecule has 1 aromatic rings. The molecular weight excluding hydrogens is 325 g/mol. The van der Waals surface area contributed by atoms with Gasteiger partial charge < -0.3 is 4.74 Å². The second-order valence-corrected chi connectivity index (χ2v) is 6.82. The molecule has 0 atom stereocenters. The van der Waals surface area contributed by atoms with Crippen molar-refractivity contribution in [3.63, 3.8) is 0 Å². The minimum atomic E-state index is -4.10. The molecule has 0 heterocycles. The fourth-order valence-electron chi connectivity index (χ4n) is 3.06. The number of benzene rings is 1. The zero-order chi connectivity index (χ0) is 18.5. The molecule has 0 unspecified atom stereocenters. The zero-order valence-corrected chi connectivity index (χ0v) is 15.7. The molecule has 0 saturated heterocycles. The number of rotatable bonds is 13. The van der Waals surface area contributed by atoms with E-state index in [0.29, 0.717) is 11.7 Å². The zero-order valence-electron chi connectivity index (χ0n) is 15.7. The standard InChI is InChI=1S/C21H33F3O/c1-3-5-7-10-18(11-8-6-4-2)19-12-14-20(15-13-19)25-17-9-16-21(22,23)24/h12-15,18H,3-11,16-17H2,1-2H3. The van der Waals surface area contributed by atoms with E-state index in [0.717, 1.165) is 0 Å². The Labute approximate surface area is 151 Å². The van der Waals surface area contributed by atoms with Crippen LogP contribution in [0.15, 0.2) is 24.3 Å². The van der Waals surface area contributed by atoms with E-state index in [9.17, 15) is 13.2 Å². The lowest BCUT2D eigenvalue weighted by atomic mass is 9.88. The number of alkyl halides is 3. The molecule has 0 radical (unpaired) electrons. The van der Waals surface area contributed by atoms with Crippen LogP contribution in [0.5, 0.6) is 5.75 Å². The topological polar surface area (TPSA) is 9.23 Å². The number of unbranched alkanes of at least 4 members (excludes halogenated alkanes) is 4. The smallest absolute Gasteiger partial charge is 0.389 e. The molecule has 1 aromatic carbocycles. The van der Waals surface area contributed by atoms with Gasteiger partial charge >= 0.3 is 6.18 Å². The third-order valence-corrected chi connectivity index (χ3v) is 4.54. The van der Waals surface area contributed by atoms with E-state index >= 15 is 0 Å². The maximum absolute atomic E-state index is 12.1. The Hall–Kier alpha value is -1.19. The molecule has 1 rings (SSSR count). The van der Waals surface area contributed by atoms with Gasteiger partial charge in [0.25, 0.3) is 0 Å². The highest BCUT2D eigenvalue weighted by molar-refractivity contribution is 5.29. The Morgan fingerprint density at radius 2 is 1.40 bits per heavy atom. The molecule has 1 nitrogen and oxygen atoms in total. The molecule has 0 aliphatic heterocycles. The van der Waals surface area contributed by atoms with Crippen molar-refractivity contribution in [3.8, 4) is 5.75 Å². The van der Waals surface area contributed by atoms with Gasteiger partial charge in [0, 0.05) is 6.42 Å². The van der Waals surface area contributed by atoms with Gasteiger partial charge in [0.2, 0.25) is 0 Å². The van der Waals surface area contributed by atoms with E-state index in [1.807, 2.05) is 12.1 Å². The van der Waals surface area contributed by atoms with Gasteiger partial charge in [-0.1, -0.05) is 64.5 Å². The summed E-state index contributed by atoms with van der Waals surface area (Å²) in [5.74, 6) is 1.24. The van der Waals surface area contributed by atoms with Crippen LogP contribution in [0.25, 0.3) is 0 Å². The second kappa shape index (κ2) is 12.2. The van der Waals surface area contributed by atoms with E-state index in [4.69, 9.17) is 4.74 Å². The van der Waals surface area contributed by atoms with E-state index in [2.05, 4.69) is 26.0 Å². The molecule has 0 amide bonds. The van der Waals surface area contributed by atoms with Crippen LogP contribution in [0, 0.1) is 0 Å². The predicted molar refractivity (Wildman–Crippen MR) is 98.3 cm³/mol. The number of hydrogen-bond donors (Lipinski definition) is 0. The molecular formula is C21H33F3O. The first kappa shape index (κ1) is 21.9. The fourth-order valence-corrected chi connectivity index (χ4v) is 3.06. The molecule has 144 valence electrons. The minimum absolute atomic E-state index is 0.00190. The molecule has 0 aromatic heterocycles. The monoisotopic (exact) mass is 358 g/mol. The van der Waals surface area contributed by atoms with Crippen LogP contribution in [-0.4, -0.2) is 12.8 Å². The lowest BCUT2D eigenvalue weighted by Gasteiger charge is -2.18. The van der Waals surface area contributed by atoms with Gasteiger partial charge in [-0.05, 0) is 42.9 Å². The van der Waals surface area contributed by atoms with Crippen LogP contribution in [0.4, 0.5) is 13.2 Å². The summed E-state index contributed by atoms with van der Waals surface area (Å²) in [5, 5.41) is 0. The van der Waals surface area contributed by atoms with Gasteiger partial charge in [0.15, 0.2) is 0 Å². The highest BCUT2D eigenvalue weighted by atomic mass is 19.4. The Balaban J connectivity index is 2.50. The first-order valence-electron chi connectivity index (χ1n) is 9.75. The molecule has 0 N–H and O–H groups in total. The van der Waals surface area contributed by atoms with Gasteiger partial charge in [0.1, 0.15) is 5.75 Å². The van der Waals surface area contributed by atoms with Gasteiger partial charge in [-0.3, -0.25) is 0 Å². The van der Waals surface area contributed by atoms with Crippen molar-refractivity contribution >= 4 is 0 Å². The fraction of sp³-hybridized carbons (Fsp3) is 0.714.